The Bertz CT molecular complexity index is 523. The Kier molecular flexibility index (Phi) is 5.31. The summed E-state index contributed by atoms with van der Waals surface area (Å²) in [6, 6.07) is 5.97. The fraction of sp³-hybridized carbons (Fsp3) is 0.417. The Balaban J connectivity index is 2.72. The van der Waals surface area contributed by atoms with Gasteiger partial charge in [-0.15, -0.1) is 0 Å². The standard InChI is InChI=1S/C12H18N2O4S/c1-9(2)8-18-10-3-5-11(6-4-10)19(16,17)14-7-12(13)15/h3-6,9,14H,7-8H2,1-2H3,(H2,13,15). The highest BCUT2D eigenvalue weighted by Gasteiger charge is 2.14. The van der Waals surface area contributed by atoms with Crippen molar-refractivity contribution in [3.63, 3.8) is 0 Å². The maximum Gasteiger partial charge on any atom is 0.241 e. The lowest BCUT2D eigenvalue weighted by Crippen LogP contribution is -2.33. The third-order valence-electron chi connectivity index (χ3n) is 2.15. The van der Waals surface area contributed by atoms with Crippen LogP contribution in [0, 0.1) is 5.92 Å². The molecule has 0 saturated heterocycles. The number of hydrogen-bond donors (Lipinski definition) is 2. The first-order chi connectivity index (χ1) is 8.81. The summed E-state index contributed by atoms with van der Waals surface area (Å²) < 4.78 is 31.1. The molecular weight excluding hydrogens is 268 g/mol. The number of ether oxygens (including phenoxy) is 1. The number of nitrogens with one attached hydrogen (secondary N) is 1. The van der Waals surface area contributed by atoms with Crippen molar-refractivity contribution in [2.45, 2.75) is 18.7 Å². The minimum Gasteiger partial charge on any atom is -0.493 e. The van der Waals surface area contributed by atoms with Crippen LogP contribution >= 0.6 is 0 Å². The van der Waals surface area contributed by atoms with Gasteiger partial charge in [0.15, 0.2) is 0 Å². The van der Waals surface area contributed by atoms with Crippen molar-refractivity contribution in [2.75, 3.05) is 13.2 Å². The van der Waals surface area contributed by atoms with E-state index in [9.17, 15) is 13.2 Å². The van der Waals surface area contributed by atoms with Crippen LogP contribution < -0.4 is 15.2 Å². The highest BCUT2D eigenvalue weighted by Crippen LogP contribution is 2.16. The van der Waals surface area contributed by atoms with Gasteiger partial charge in [0, 0.05) is 0 Å². The largest absolute Gasteiger partial charge is 0.493 e. The predicted molar refractivity (Wildman–Crippen MR) is 71.2 cm³/mol. The molecule has 3 N–H and O–H groups in total. The van der Waals surface area contributed by atoms with Gasteiger partial charge >= 0.3 is 0 Å². The van der Waals surface area contributed by atoms with Gasteiger partial charge in [-0.1, -0.05) is 13.8 Å². The highest BCUT2D eigenvalue weighted by molar-refractivity contribution is 7.89. The van der Waals surface area contributed by atoms with Crippen molar-refractivity contribution in [1.29, 1.82) is 0 Å². The van der Waals surface area contributed by atoms with Crippen molar-refractivity contribution < 1.29 is 17.9 Å². The molecule has 0 radical (unpaired) electrons. The molecule has 1 rings (SSSR count). The van der Waals surface area contributed by atoms with Gasteiger partial charge in [-0.25, -0.2) is 13.1 Å². The molecule has 0 fully saturated rings. The summed E-state index contributed by atoms with van der Waals surface area (Å²) in [5, 5.41) is 0. The van der Waals surface area contributed by atoms with Gasteiger partial charge in [0.2, 0.25) is 15.9 Å². The van der Waals surface area contributed by atoms with Gasteiger partial charge in [0.25, 0.3) is 0 Å². The van der Waals surface area contributed by atoms with Crippen LogP contribution in [0.1, 0.15) is 13.8 Å². The minimum atomic E-state index is -3.71. The number of carbonyl (C=O) groups is 1. The van der Waals surface area contributed by atoms with Crippen molar-refractivity contribution in [1.82, 2.24) is 4.72 Å². The number of sulfonamides is 1. The number of rotatable bonds is 7. The van der Waals surface area contributed by atoms with Crippen LogP contribution in [0.5, 0.6) is 5.75 Å². The molecule has 0 aliphatic rings. The molecule has 0 saturated carbocycles. The summed E-state index contributed by atoms with van der Waals surface area (Å²) in [7, 11) is -3.71. The molecular formula is C12H18N2O4S. The molecule has 1 aromatic rings. The van der Waals surface area contributed by atoms with Crippen LogP contribution in [0.25, 0.3) is 0 Å². The Hall–Kier alpha value is -1.60. The molecule has 7 heteroatoms. The van der Waals surface area contributed by atoms with E-state index in [1.54, 1.807) is 12.1 Å². The average Bonchev–Trinajstić information content (AvgIpc) is 2.34. The monoisotopic (exact) mass is 286 g/mol. The maximum atomic E-state index is 11.8. The number of benzene rings is 1. The SMILES string of the molecule is CC(C)COc1ccc(S(=O)(=O)NCC(N)=O)cc1. The zero-order valence-corrected chi connectivity index (χ0v) is 11.7. The summed E-state index contributed by atoms with van der Waals surface area (Å²) in [5.74, 6) is 0.253. The molecule has 0 heterocycles. The van der Waals surface area contributed by atoms with Crippen molar-refractivity contribution in [2.24, 2.45) is 11.7 Å². The quantitative estimate of drug-likeness (QED) is 0.762. The van der Waals surface area contributed by atoms with Crippen LogP contribution in [-0.2, 0) is 14.8 Å². The molecule has 106 valence electrons. The van der Waals surface area contributed by atoms with Gasteiger partial charge in [-0.3, -0.25) is 4.79 Å². The Labute approximate surface area is 113 Å². The second-order valence-electron chi connectivity index (χ2n) is 4.47. The van der Waals surface area contributed by atoms with Crippen LogP contribution in [0.4, 0.5) is 0 Å². The zero-order valence-electron chi connectivity index (χ0n) is 10.9. The van der Waals surface area contributed by atoms with E-state index in [2.05, 4.69) is 4.72 Å². The van der Waals surface area contributed by atoms with Gasteiger partial charge in [0.05, 0.1) is 18.0 Å². The lowest BCUT2D eigenvalue weighted by molar-refractivity contribution is -0.116. The van der Waals surface area contributed by atoms with E-state index in [0.717, 1.165) is 0 Å². The van der Waals surface area contributed by atoms with E-state index in [0.29, 0.717) is 18.3 Å². The zero-order chi connectivity index (χ0) is 14.5. The smallest absolute Gasteiger partial charge is 0.241 e. The fourth-order valence-electron chi connectivity index (χ4n) is 1.23. The van der Waals surface area contributed by atoms with E-state index in [1.807, 2.05) is 13.8 Å². The molecule has 0 aliphatic heterocycles. The van der Waals surface area contributed by atoms with E-state index >= 15 is 0 Å². The molecule has 0 bridgehead atoms. The second-order valence-corrected chi connectivity index (χ2v) is 6.23. The summed E-state index contributed by atoms with van der Waals surface area (Å²) in [4.78, 5) is 10.6. The Morgan fingerprint density at radius 2 is 1.89 bits per heavy atom. The van der Waals surface area contributed by atoms with Crippen LogP contribution in [-0.4, -0.2) is 27.5 Å². The second kappa shape index (κ2) is 6.53. The average molecular weight is 286 g/mol. The molecule has 0 spiro atoms. The van der Waals surface area contributed by atoms with Gasteiger partial charge in [-0.2, -0.15) is 0 Å². The number of amides is 1. The molecule has 0 atom stereocenters. The number of primary amides is 1. The lowest BCUT2D eigenvalue weighted by Gasteiger charge is -2.09. The molecule has 0 aliphatic carbocycles. The van der Waals surface area contributed by atoms with E-state index in [4.69, 9.17) is 10.5 Å². The summed E-state index contributed by atoms with van der Waals surface area (Å²) in [5.41, 5.74) is 4.88. The van der Waals surface area contributed by atoms with Crippen LogP contribution in [0.15, 0.2) is 29.2 Å². The molecule has 19 heavy (non-hydrogen) atoms. The maximum absolute atomic E-state index is 11.8. The Morgan fingerprint density at radius 1 is 1.32 bits per heavy atom. The predicted octanol–water partition coefficient (Wildman–Crippen LogP) is 0.485. The topological polar surface area (TPSA) is 98.5 Å². The molecule has 0 unspecified atom stereocenters. The van der Waals surface area contributed by atoms with Gasteiger partial charge in [-0.05, 0) is 30.2 Å². The number of nitrogens with two attached hydrogens (primary N) is 1. The lowest BCUT2D eigenvalue weighted by atomic mass is 10.2. The number of hydrogen-bond acceptors (Lipinski definition) is 4. The first kappa shape index (κ1) is 15.5. The fourth-order valence-corrected chi connectivity index (χ4v) is 2.22. The normalized spacial score (nSPS) is 11.5. The van der Waals surface area contributed by atoms with E-state index < -0.39 is 22.5 Å². The van der Waals surface area contributed by atoms with Gasteiger partial charge < -0.3 is 10.5 Å². The highest BCUT2D eigenvalue weighted by atomic mass is 32.2. The van der Waals surface area contributed by atoms with Crippen molar-refractivity contribution in [3.05, 3.63) is 24.3 Å². The Morgan fingerprint density at radius 3 is 2.37 bits per heavy atom. The molecule has 0 aromatic heterocycles. The van der Waals surface area contributed by atoms with E-state index in [-0.39, 0.29) is 4.90 Å². The van der Waals surface area contributed by atoms with E-state index in [1.165, 1.54) is 12.1 Å². The summed E-state index contributed by atoms with van der Waals surface area (Å²) in [6.45, 7) is 4.18. The summed E-state index contributed by atoms with van der Waals surface area (Å²) in [6.07, 6.45) is 0. The first-order valence-corrected chi connectivity index (χ1v) is 7.30. The third-order valence-corrected chi connectivity index (χ3v) is 3.57. The molecule has 1 amide bonds. The first-order valence-electron chi connectivity index (χ1n) is 5.82. The van der Waals surface area contributed by atoms with Crippen molar-refractivity contribution >= 4 is 15.9 Å². The van der Waals surface area contributed by atoms with Gasteiger partial charge in [0.1, 0.15) is 5.75 Å². The molecule has 6 nitrogen and oxygen atoms in total. The third kappa shape index (κ3) is 5.27. The van der Waals surface area contributed by atoms with Crippen LogP contribution in [0.3, 0.4) is 0 Å². The van der Waals surface area contributed by atoms with Crippen molar-refractivity contribution in [3.8, 4) is 5.75 Å². The minimum absolute atomic E-state index is 0.0608. The summed E-state index contributed by atoms with van der Waals surface area (Å²) >= 11 is 0. The number of carbonyl (C=O) groups excluding carboxylic acids is 1. The molecule has 1 aromatic carbocycles. The van der Waals surface area contributed by atoms with Crippen LogP contribution in [0.2, 0.25) is 0 Å².